The zero-order valence-corrected chi connectivity index (χ0v) is 14.4. The van der Waals surface area contributed by atoms with Gasteiger partial charge < -0.3 is 10.1 Å². The van der Waals surface area contributed by atoms with Crippen LogP contribution in [-0.4, -0.2) is 48.8 Å². The monoisotopic (exact) mass is 325 g/mol. The van der Waals surface area contributed by atoms with Crippen molar-refractivity contribution in [3.05, 3.63) is 66.0 Å². The molecule has 2 unspecified atom stereocenters. The first-order chi connectivity index (χ1) is 11.8. The van der Waals surface area contributed by atoms with E-state index in [1.165, 1.54) is 5.56 Å². The maximum Gasteiger partial charge on any atom is 0.0594 e. The molecule has 0 aliphatic carbocycles. The van der Waals surface area contributed by atoms with Crippen LogP contribution in [-0.2, 0) is 11.2 Å². The Labute approximate surface area is 144 Å². The minimum absolute atomic E-state index is 0.322. The third-order valence-corrected chi connectivity index (χ3v) is 4.47. The van der Waals surface area contributed by atoms with Crippen LogP contribution in [0.1, 0.15) is 24.2 Å². The molecule has 1 saturated heterocycles. The van der Waals surface area contributed by atoms with Crippen molar-refractivity contribution in [1.82, 2.24) is 15.2 Å². The number of rotatable bonds is 7. The van der Waals surface area contributed by atoms with Gasteiger partial charge in [-0.1, -0.05) is 36.4 Å². The van der Waals surface area contributed by atoms with Gasteiger partial charge in [0.25, 0.3) is 0 Å². The van der Waals surface area contributed by atoms with Gasteiger partial charge in [-0.3, -0.25) is 9.88 Å². The number of ether oxygens (including phenoxy) is 1. The van der Waals surface area contributed by atoms with Gasteiger partial charge in [-0.05, 0) is 24.6 Å². The first kappa shape index (κ1) is 17.1. The summed E-state index contributed by atoms with van der Waals surface area (Å²) in [6, 6.07) is 17.5. The molecule has 1 aromatic carbocycles. The summed E-state index contributed by atoms with van der Waals surface area (Å²) >= 11 is 0. The SMILES string of the molecule is CC(Cc1ccccn1)NC(CN1CCOCC1)c1ccccc1. The summed E-state index contributed by atoms with van der Waals surface area (Å²) in [4.78, 5) is 6.94. The summed E-state index contributed by atoms with van der Waals surface area (Å²) in [7, 11) is 0. The Balaban J connectivity index is 1.64. The molecule has 2 atom stereocenters. The van der Waals surface area contributed by atoms with Gasteiger partial charge in [0.2, 0.25) is 0 Å². The van der Waals surface area contributed by atoms with Crippen molar-refractivity contribution >= 4 is 0 Å². The molecule has 0 amide bonds. The second kappa shape index (κ2) is 8.92. The Morgan fingerprint density at radius 3 is 2.54 bits per heavy atom. The molecule has 1 fully saturated rings. The number of pyridine rings is 1. The molecule has 1 aliphatic heterocycles. The van der Waals surface area contributed by atoms with E-state index in [1.54, 1.807) is 0 Å². The lowest BCUT2D eigenvalue weighted by Gasteiger charge is -2.32. The molecule has 24 heavy (non-hydrogen) atoms. The van der Waals surface area contributed by atoms with Crippen LogP contribution in [0, 0.1) is 0 Å². The number of hydrogen-bond acceptors (Lipinski definition) is 4. The van der Waals surface area contributed by atoms with Gasteiger partial charge in [-0.15, -0.1) is 0 Å². The highest BCUT2D eigenvalue weighted by molar-refractivity contribution is 5.19. The van der Waals surface area contributed by atoms with E-state index in [2.05, 4.69) is 64.6 Å². The predicted molar refractivity (Wildman–Crippen MR) is 97.0 cm³/mol. The number of aromatic nitrogens is 1. The average Bonchev–Trinajstić information content (AvgIpc) is 2.63. The van der Waals surface area contributed by atoms with Gasteiger partial charge in [0, 0.05) is 50.0 Å². The van der Waals surface area contributed by atoms with Crippen LogP contribution in [0.15, 0.2) is 54.7 Å². The van der Waals surface area contributed by atoms with Crippen LogP contribution in [0.4, 0.5) is 0 Å². The number of nitrogens with zero attached hydrogens (tertiary/aromatic N) is 2. The van der Waals surface area contributed by atoms with E-state index in [9.17, 15) is 0 Å². The molecule has 0 saturated carbocycles. The Hall–Kier alpha value is -1.75. The summed E-state index contributed by atoms with van der Waals surface area (Å²) in [6.45, 7) is 6.96. The lowest BCUT2D eigenvalue weighted by molar-refractivity contribution is 0.0329. The predicted octanol–water partition coefficient (Wildman–Crippen LogP) is 2.68. The summed E-state index contributed by atoms with van der Waals surface area (Å²) in [5, 5.41) is 3.81. The topological polar surface area (TPSA) is 37.4 Å². The number of morpholine rings is 1. The van der Waals surface area contributed by atoms with Crippen molar-refractivity contribution in [3.63, 3.8) is 0 Å². The Morgan fingerprint density at radius 2 is 1.83 bits per heavy atom. The molecule has 1 N–H and O–H groups in total. The molecule has 1 aliphatic rings. The van der Waals surface area contributed by atoms with Crippen molar-refractivity contribution in [3.8, 4) is 0 Å². The minimum atomic E-state index is 0.322. The summed E-state index contributed by atoms with van der Waals surface area (Å²) < 4.78 is 5.48. The molecule has 128 valence electrons. The lowest BCUT2D eigenvalue weighted by Crippen LogP contribution is -2.44. The fourth-order valence-corrected chi connectivity index (χ4v) is 3.22. The first-order valence-corrected chi connectivity index (χ1v) is 8.82. The molecular formula is C20H27N3O. The van der Waals surface area contributed by atoms with Crippen LogP contribution >= 0.6 is 0 Å². The molecule has 0 spiro atoms. The van der Waals surface area contributed by atoms with Crippen LogP contribution in [0.5, 0.6) is 0 Å². The fourth-order valence-electron chi connectivity index (χ4n) is 3.22. The maximum absolute atomic E-state index is 5.48. The van der Waals surface area contributed by atoms with E-state index < -0.39 is 0 Å². The first-order valence-electron chi connectivity index (χ1n) is 8.82. The van der Waals surface area contributed by atoms with Crippen molar-refractivity contribution < 1.29 is 4.74 Å². The zero-order chi connectivity index (χ0) is 16.6. The van der Waals surface area contributed by atoms with Crippen molar-refractivity contribution in [2.45, 2.75) is 25.4 Å². The molecule has 2 heterocycles. The van der Waals surface area contributed by atoms with Crippen molar-refractivity contribution in [2.75, 3.05) is 32.8 Å². The van der Waals surface area contributed by atoms with E-state index in [0.717, 1.165) is 45.0 Å². The summed E-state index contributed by atoms with van der Waals surface area (Å²) in [5.74, 6) is 0. The molecule has 4 heteroatoms. The number of hydrogen-bond donors (Lipinski definition) is 1. The second-order valence-electron chi connectivity index (χ2n) is 6.47. The zero-order valence-electron chi connectivity index (χ0n) is 14.4. The van der Waals surface area contributed by atoms with Gasteiger partial charge in [-0.2, -0.15) is 0 Å². The Kier molecular flexibility index (Phi) is 6.35. The van der Waals surface area contributed by atoms with Crippen LogP contribution in [0.3, 0.4) is 0 Å². The highest BCUT2D eigenvalue weighted by Gasteiger charge is 2.20. The normalized spacial score (nSPS) is 18.2. The quantitative estimate of drug-likeness (QED) is 0.849. The largest absolute Gasteiger partial charge is 0.379 e. The Bertz CT molecular complexity index is 584. The van der Waals surface area contributed by atoms with Gasteiger partial charge >= 0.3 is 0 Å². The molecule has 3 rings (SSSR count). The molecular weight excluding hydrogens is 298 g/mol. The molecule has 1 aromatic heterocycles. The highest BCUT2D eigenvalue weighted by Crippen LogP contribution is 2.17. The van der Waals surface area contributed by atoms with E-state index in [4.69, 9.17) is 4.74 Å². The highest BCUT2D eigenvalue weighted by atomic mass is 16.5. The third kappa shape index (κ3) is 5.13. The van der Waals surface area contributed by atoms with Crippen LogP contribution in [0.25, 0.3) is 0 Å². The number of nitrogens with one attached hydrogen (secondary N) is 1. The van der Waals surface area contributed by atoms with Crippen LogP contribution < -0.4 is 5.32 Å². The standard InChI is InChI=1S/C20H27N3O/c1-17(15-19-9-5-6-10-21-19)22-20(18-7-3-2-4-8-18)16-23-11-13-24-14-12-23/h2-10,17,20,22H,11-16H2,1H3. The third-order valence-electron chi connectivity index (χ3n) is 4.47. The minimum Gasteiger partial charge on any atom is -0.379 e. The van der Waals surface area contributed by atoms with Gasteiger partial charge in [0.15, 0.2) is 0 Å². The maximum atomic E-state index is 5.48. The fraction of sp³-hybridized carbons (Fsp3) is 0.450. The molecule has 2 aromatic rings. The summed E-state index contributed by atoms with van der Waals surface area (Å²) in [5.41, 5.74) is 2.48. The van der Waals surface area contributed by atoms with E-state index in [0.29, 0.717) is 12.1 Å². The number of benzene rings is 1. The van der Waals surface area contributed by atoms with Gasteiger partial charge in [-0.25, -0.2) is 0 Å². The smallest absolute Gasteiger partial charge is 0.0594 e. The van der Waals surface area contributed by atoms with Crippen molar-refractivity contribution in [2.24, 2.45) is 0 Å². The van der Waals surface area contributed by atoms with Gasteiger partial charge in [0.05, 0.1) is 13.2 Å². The van der Waals surface area contributed by atoms with E-state index in [-0.39, 0.29) is 0 Å². The van der Waals surface area contributed by atoms with E-state index >= 15 is 0 Å². The van der Waals surface area contributed by atoms with E-state index in [1.807, 2.05) is 12.3 Å². The van der Waals surface area contributed by atoms with Gasteiger partial charge in [0.1, 0.15) is 0 Å². The second-order valence-corrected chi connectivity index (χ2v) is 6.47. The Morgan fingerprint density at radius 1 is 1.08 bits per heavy atom. The average molecular weight is 325 g/mol. The molecule has 0 radical (unpaired) electrons. The lowest BCUT2D eigenvalue weighted by atomic mass is 10.0. The van der Waals surface area contributed by atoms with Crippen molar-refractivity contribution in [1.29, 1.82) is 0 Å². The molecule has 0 bridgehead atoms. The van der Waals surface area contributed by atoms with Crippen LogP contribution in [0.2, 0.25) is 0 Å². The summed E-state index contributed by atoms with van der Waals surface area (Å²) in [6.07, 6.45) is 2.80. The molecule has 4 nitrogen and oxygen atoms in total.